The number of para-hydroxylation sites is 2. The first-order chi connectivity index (χ1) is 14.6. The first-order valence-electron chi connectivity index (χ1n) is 10.3. The van der Waals surface area contributed by atoms with Crippen molar-refractivity contribution in [3.05, 3.63) is 60.2 Å². The molecule has 0 saturated carbocycles. The Morgan fingerprint density at radius 2 is 1.67 bits per heavy atom. The summed E-state index contributed by atoms with van der Waals surface area (Å²) in [5, 5.41) is 3.04. The van der Waals surface area contributed by atoms with E-state index in [9.17, 15) is 9.59 Å². The third-order valence-corrected chi connectivity index (χ3v) is 5.51. The van der Waals surface area contributed by atoms with E-state index in [0.29, 0.717) is 44.2 Å². The number of hydrogen-bond donors (Lipinski definition) is 1. The number of piperazine rings is 1. The van der Waals surface area contributed by atoms with Crippen molar-refractivity contribution in [3.8, 4) is 11.5 Å². The number of carbonyl (C=O) groups is 2. The van der Waals surface area contributed by atoms with Crippen molar-refractivity contribution in [3.63, 3.8) is 0 Å². The first-order valence-corrected chi connectivity index (χ1v) is 10.3. The Balaban J connectivity index is 1.23. The molecule has 7 nitrogen and oxygen atoms in total. The van der Waals surface area contributed by atoms with Crippen LogP contribution in [0.25, 0.3) is 0 Å². The van der Waals surface area contributed by atoms with Crippen molar-refractivity contribution in [2.24, 2.45) is 0 Å². The standard InChI is InChI=1S/C23H27N3O4/c1-17(18-7-3-2-4-8-18)24-22(27)15-25-11-13-26(14-12-25)23(28)21-16-29-19-9-5-6-10-20(19)30-21/h2-10,17,21H,11-16H2,1H3,(H,24,27)/t17-,21+/m0/s1. The molecule has 1 saturated heterocycles. The van der Waals surface area contributed by atoms with Crippen LogP contribution in [0.15, 0.2) is 54.6 Å². The Morgan fingerprint density at radius 3 is 2.40 bits per heavy atom. The Bertz CT molecular complexity index is 881. The Kier molecular flexibility index (Phi) is 6.18. The lowest BCUT2D eigenvalue weighted by molar-refractivity contribution is -0.143. The molecule has 2 aromatic rings. The second-order valence-corrected chi connectivity index (χ2v) is 7.67. The summed E-state index contributed by atoms with van der Waals surface area (Å²) in [6.07, 6.45) is -0.624. The fourth-order valence-electron chi connectivity index (χ4n) is 3.79. The van der Waals surface area contributed by atoms with Gasteiger partial charge in [-0.05, 0) is 24.6 Å². The maximum atomic E-state index is 12.8. The van der Waals surface area contributed by atoms with Gasteiger partial charge in [-0.25, -0.2) is 0 Å². The van der Waals surface area contributed by atoms with E-state index in [1.807, 2.05) is 61.5 Å². The van der Waals surface area contributed by atoms with Gasteiger partial charge in [-0.15, -0.1) is 0 Å². The first kappa shape index (κ1) is 20.2. The highest BCUT2D eigenvalue weighted by Gasteiger charge is 2.32. The average molecular weight is 409 g/mol. The number of hydrogen-bond acceptors (Lipinski definition) is 5. The van der Waals surface area contributed by atoms with Crippen molar-refractivity contribution < 1.29 is 19.1 Å². The van der Waals surface area contributed by atoms with Gasteiger partial charge in [0.2, 0.25) is 12.0 Å². The van der Waals surface area contributed by atoms with E-state index in [4.69, 9.17) is 9.47 Å². The van der Waals surface area contributed by atoms with E-state index in [0.717, 1.165) is 5.56 Å². The third-order valence-electron chi connectivity index (χ3n) is 5.51. The van der Waals surface area contributed by atoms with E-state index < -0.39 is 6.10 Å². The lowest BCUT2D eigenvalue weighted by Gasteiger charge is -2.37. The average Bonchev–Trinajstić information content (AvgIpc) is 2.79. The minimum Gasteiger partial charge on any atom is -0.485 e. The van der Waals surface area contributed by atoms with Crippen molar-refractivity contribution in [1.29, 1.82) is 0 Å². The predicted molar refractivity (Wildman–Crippen MR) is 112 cm³/mol. The van der Waals surface area contributed by atoms with Gasteiger partial charge in [-0.2, -0.15) is 0 Å². The molecule has 1 N–H and O–H groups in total. The van der Waals surface area contributed by atoms with Crippen LogP contribution in [-0.4, -0.2) is 67.0 Å². The molecule has 1 fully saturated rings. The summed E-state index contributed by atoms with van der Waals surface area (Å²) in [7, 11) is 0. The molecule has 2 amide bonds. The molecule has 0 unspecified atom stereocenters. The van der Waals surface area contributed by atoms with Crippen LogP contribution in [0.2, 0.25) is 0 Å². The second kappa shape index (κ2) is 9.17. The molecule has 4 rings (SSSR count). The summed E-state index contributed by atoms with van der Waals surface area (Å²) >= 11 is 0. The molecule has 7 heteroatoms. The molecule has 2 atom stereocenters. The number of fused-ring (bicyclic) bond motifs is 1. The van der Waals surface area contributed by atoms with Gasteiger partial charge in [-0.1, -0.05) is 42.5 Å². The zero-order valence-corrected chi connectivity index (χ0v) is 17.1. The van der Waals surface area contributed by atoms with Crippen LogP contribution in [0.1, 0.15) is 18.5 Å². The number of carbonyl (C=O) groups excluding carboxylic acids is 2. The molecule has 2 aliphatic rings. The molecule has 0 aromatic heterocycles. The Morgan fingerprint density at radius 1 is 1.00 bits per heavy atom. The molecule has 0 aliphatic carbocycles. The van der Waals surface area contributed by atoms with Crippen LogP contribution < -0.4 is 14.8 Å². The van der Waals surface area contributed by atoms with Crippen molar-refractivity contribution in [2.75, 3.05) is 39.3 Å². The number of benzene rings is 2. The van der Waals surface area contributed by atoms with Gasteiger partial charge in [0.25, 0.3) is 5.91 Å². The minimum atomic E-state index is -0.624. The number of nitrogens with one attached hydrogen (secondary N) is 1. The second-order valence-electron chi connectivity index (χ2n) is 7.67. The van der Waals surface area contributed by atoms with Crippen LogP contribution in [0.5, 0.6) is 11.5 Å². The predicted octanol–water partition coefficient (Wildman–Crippen LogP) is 1.85. The smallest absolute Gasteiger partial charge is 0.267 e. The van der Waals surface area contributed by atoms with Crippen LogP contribution in [0.4, 0.5) is 0 Å². The SMILES string of the molecule is C[C@H](NC(=O)CN1CCN(C(=O)[C@H]2COc3ccccc3O2)CC1)c1ccccc1. The molecular weight excluding hydrogens is 382 g/mol. The van der Waals surface area contributed by atoms with Crippen LogP contribution in [0.3, 0.4) is 0 Å². The summed E-state index contributed by atoms with van der Waals surface area (Å²) in [5.41, 5.74) is 1.08. The fraction of sp³-hybridized carbons (Fsp3) is 0.391. The normalized spacial score (nSPS) is 19.8. The summed E-state index contributed by atoms with van der Waals surface area (Å²) in [5.74, 6) is 1.20. The zero-order chi connectivity index (χ0) is 20.9. The molecule has 0 spiro atoms. The van der Waals surface area contributed by atoms with Gasteiger partial charge >= 0.3 is 0 Å². The highest BCUT2D eigenvalue weighted by Crippen LogP contribution is 2.31. The lowest BCUT2D eigenvalue weighted by atomic mass is 10.1. The van der Waals surface area contributed by atoms with Gasteiger partial charge in [0, 0.05) is 26.2 Å². The largest absolute Gasteiger partial charge is 0.485 e. The van der Waals surface area contributed by atoms with E-state index in [2.05, 4.69) is 10.2 Å². The maximum Gasteiger partial charge on any atom is 0.267 e. The quantitative estimate of drug-likeness (QED) is 0.816. The topological polar surface area (TPSA) is 71.1 Å². The zero-order valence-electron chi connectivity index (χ0n) is 17.1. The fourth-order valence-corrected chi connectivity index (χ4v) is 3.79. The summed E-state index contributed by atoms with van der Waals surface area (Å²) in [6, 6.07) is 17.2. The molecule has 2 aromatic carbocycles. The summed E-state index contributed by atoms with van der Waals surface area (Å²) in [4.78, 5) is 29.1. The number of amides is 2. The van der Waals surface area contributed by atoms with Gasteiger partial charge in [-0.3, -0.25) is 14.5 Å². The molecule has 0 radical (unpaired) electrons. The van der Waals surface area contributed by atoms with Gasteiger partial charge in [0.15, 0.2) is 11.5 Å². The van der Waals surface area contributed by atoms with Gasteiger partial charge in [0.05, 0.1) is 12.6 Å². The van der Waals surface area contributed by atoms with Gasteiger partial charge < -0.3 is 19.7 Å². The molecule has 0 bridgehead atoms. The van der Waals surface area contributed by atoms with Crippen molar-refractivity contribution >= 4 is 11.8 Å². The van der Waals surface area contributed by atoms with Crippen LogP contribution in [0, 0.1) is 0 Å². The Labute approximate surface area is 176 Å². The molecule has 2 heterocycles. The molecular formula is C23H27N3O4. The van der Waals surface area contributed by atoms with E-state index in [1.165, 1.54) is 0 Å². The lowest BCUT2D eigenvalue weighted by Crippen LogP contribution is -2.55. The van der Waals surface area contributed by atoms with Crippen LogP contribution >= 0.6 is 0 Å². The number of ether oxygens (including phenoxy) is 2. The monoisotopic (exact) mass is 409 g/mol. The highest BCUT2D eigenvalue weighted by atomic mass is 16.6. The van der Waals surface area contributed by atoms with Crippen LogP contribution in [-0.2, 0) is 9.59 Å². The number of rotatable bonds is 5. The number of nitrogens with zero attached hydrogens (tertiary/aromatic N) is 2. The summed E-state index contributed by atoms with van der Waals surface area (Å²) < 4.78 is 11.5. The van der Waals surface area contributed by atoms with E-state index >= 15 is 0 Å². The Hall–Kier alpha value is -3.06. The van der Waals surface area contributed by atoms with Crippen molar-refractivity contribution in [2.45, 2.75) is 19.1 Å². The maximum absolute atomic E-state index is 12.8. The van der Waals surface area contributed by atoms with E-state index in [1.54, 1.807) is 4.90 Å². The highest BCUT2D eigenvalue weighted by molar-refractivity contribution is 5.82. The van der Waals surface area contributed by atoms with Gasteiger partial charge in [0.1, 0.15) is 6.61 Å². The molecule has 30 heavy (non-hydrogen) atoms. The third kappa shape index (κ3) is 4.74. The summed E-state index contributed by atoms with van der Waals surface area (Å²) in [6.45, 7) is 4.98. The molecule has 158 valence electrons. The minimum absolute atomic E-state index is 0.00764. The molecule has 2 aliphatic heterocycles. The van der Waals surface area contributed by atoms with E-state index in [-0.39, 0.29) is 24.5 Å². The van der Waals surface area contributed by atoms with Crippen molar-refractivity contribution in [1.82, 2.24) is 15.1 Å².